The van der Waals surface area contributed by atoms with Crippen LogP contribution in [-0.2, 0) is 19.1 Å². The van der Waals surface area contributed by atoms with Gasteiger partial charge in [-0.05, 0) is 56.8 Å². The second-order valence-electron chi connectivity index (χ2n) is 7.31. The molecule has 0 amide bonds. The van der Waals surface area contributed by atoms with E-state index >= 15 is 0 Å². The Balaban J connectivity index is 1.62. The van der Waals surface area contributed by atoms with Crippen molar-refractivity contribution in [2.75, 3.05) is 6.61 Å². The van der Waals surface area contributed by atoms with Gasteiger partial charge in [0.1, 0.15) is 5.60 Å². The van der Waals surface area contributed by atoms with E-state index in [0.717, 1.165) is 30.6 Å². The molecule has 4 nitrogen and oxygen atoms in total. The van der Waals surface area contributed by atoms with Gasteiger partial charge >= 0.3 is 11.9 Å². The van der Waals surface area contributed by atoms with Crippen molar-refractivity contribution in [2.45, 2.75) is 58.0 Å². The SMILES string of the molecule is C=C(C)C(=O)OCC(=O)OC1(CC)CC2CC1C1CCCC21. The summed E-state index contributed by atoms with van der Waals surface area (Å²) in [6, 6.07) is 0. The summed E-state index contributed by atoms with van der Waals surface area (Å²) in [6.45, 7) is 6.88. The molecular weight excluding hydrogens is 280 g/mol. The van der Waals surface area contributed by atoms with Crippen LogP contribution in [0.3, 0.4) is 0 Å². The lowest BCUT2D eigenvalue weighted by Crippen LogP contribution is -2.45. The molecule has 122 valence electrons. The van der Waals surface area contributed by atoms with Crippen molar-refractivity contribution in [1.82, 2.24) is 0 Å². The van der Waals surface area contributed by atoms with Gasteiger partial charge in [-0.25, -0.2) is 9.59 Å². The first-order valence-electron chi connectivity index (χ1n) is 8.51. The van der Waals surface area contributed by atoms with E-state index in [1.54, 1.807) is 6.92 Å². The van der Waals surface area contributed by atoms with Gasteiger partial charge in [0.2, 0.25) is 0 Å². The molecular formula is C18H26O4. The lowest BCUT2D eigenvalue weighted by atomic mass is 9.71. The fraction of sp³-hybridized carbons (Fsp3) is 0.778. The molecule has 0 heterocycles. The van der Waals surface area contributed by atoms with Crippen molar-refractivity contribution in [3.63, 3.8) is 0 Å². The minimum atomic E-state index is -0.536. The molecule has 0 aromatic heterocycles. The first kappa shape index (κ1) is 15.6. The highest BCUT2D eigenvalue weighted by Crippen LogP contribution is 2.64. The molecule has 0 spiro atoms. The summed E-state index contributed by atoms with van der Waals surface area (Å²) in [5, 5.41) is 0. The van der Waals surface area contributed by atoms with Gasteiger partial charge in [-0.1, -0.05) is 19.9 Å². The molecule has 0 aromatic rings. The zero-order valence-electron chi connectivity index (χ0n) is 13.6. The summed E-state index contributed by atoms with van der Waals surface area (Å²) in [7, 11) is 0. The van der Waals surface area contributed by atoms with E-state index in [9.17, 15) is 9.59 Å². The van der Waals surface area contributed by atoms with Crippen LogP contribution in [0.15, 0.2) is 12.2 Å². The molecule has 4 heteroatoms. The topological polar surface area (TPSA) is 52.6 Å². The van der Waals surface area contributed by atoms with Crippen molar-refractivity contribution >= 4 is 11.9 Å². The van der Waals surface area contributed by atoms with Crippen molar-refractivity contribution in [2.24, 2.45) is 23.7 Å². The number of hydrogen-bond acceptors (Lipinski definition) is 4. The number of ether oxygens (including phenoxy) is 2. The molecule has 22 heavy (non-hydrogen) atoms. The highest BCUT2D eigenvalue weighted by Gasteiger charge is 2.61. The van der Waals surface area contributed by atoms with Crippen molar-refractivity contribution in [3.8, 4) is 0 Å². The molecule has 5 unspecified atom stereocenters. The van der Waals surface area contributed by atoms with E-state index in [1.807, 2.05) is 0 Å². The van der Waals surface area contributed by atoms with Crippen LogP contribution in [0, 0.1) is 23.7 Å². The molecule has 0 radical (unpaired) electrons. The van der Waals surface area contributed by atoms with E-state index < -0.39 is 11.9 Å². The van der Waals surface area contributed by atoms with Gasteiger partial charge in [-0.3, -0.25) is 0 Å². The van der Waals surface area contributed by atoms with Crippen molar-refractivity contribution < 1.29 is 19.1 Å². The van der Waals surface area contributed by atoms with Crippen LogP contribution in [0.25, 0.3) is 0 Å². The number of carbonyl (C=O) groups is 2. The summed E-state index contributed by atoms with van der Waals surface area (Å²) < 4.78 is 10.8. The zero-order chi connectivity index (χ0) is 15.9. The van der Waals surface area contributed by atoms with Gasteiger partial charge in [0.05, 0.1) is 0 Å². The van der Waals surface area contributed by atoms with E-state index in [2.05, 4.69) is 13.5 Å². The normalized spacial score (nSPS) is 38.6. The molecule has 3 rings (SSSR count). The quantitative estimate of drug-likeness (QED) is 0.578. The highest BCUT2D eigenvalue weighted by molar-refractivity contribution is 5.88. The lowest BCUT2D eigenvalue weighted by molar-refractivity contribution is -0.177. The highest BCUT2D eigenvalue weighted by atomic mass is 16.6. The second kappa shape index (κ2) is 5.71. The average molecular weight is 306 g/mol. The minimum absolute atomic E-state index is 0.298. The maximum atomic E-state index is 12.1. The fourth-order valence-corrected chi connectivity index (χ4v) is 5.31. The number of fused-ring (bicyclic) bond motifs is 5. The van der Waals surface area contributed by atoms with Gasteiger partial charge in [-0.2, -0.15) is 0 Å². The van der Waals surface area contributed by atoms with Gasteiger partial charge < -0.3 is 9.47 Å². The van der Waals surface area contributed by atoms with E-state index in [1.165, 1.54) is 25.7 Å². The summed E-state index contributed by atoms with van der Waals surface area (Å²) >= 11 is 0. The Bertz CT molecular complexity index is 497. The smallest absolute Gasteiger partial charge is 0.344 e. The molecule has 0 N–H and O–H groups in total. The molecule has 0 saturated heterocycles. The van der Waals surface area contributed by atoms with Crippen LogP contribution in [0.5, 0.6) is 0 Å². The van der Waals surface area contributed by atoms with Crippen LogP contribution in [0.1, 0.15) is 52.4 Å². The van der Waals surface area contributed by atoms with Crippen LogP contribution in [-0.4, -0.2) is 24.1 Å². The maximum absolute atomic E-state index is 12.1. The first-order valence-corrected chi connectivity index (χ1v) is 8.51. The largest absolute Gasteiger partial charge is 0.456 e. The monoisotopic (exact) mass is 306 g/mol. The number of rotatable bonds is 5. The molecule has 0 aliphatic heterocycles. The van der Waals surface area contributed by atoms with Gasteiger partial charge in [0, 0.05) is 11.5 Å². The molecule has 2 bridgehead atoms. The molecule has 3 fully saturated rings. The number of hydrogen-bond donors (Lipinski definition) is 0. The maximum Gasteiger partial charge on any atom is 0.344 e. The predicted molar refractivity (Wildman–Crippen MR) is 81.9 cm³/mol. The van der Waals surface area contributed by atoms with Gasteiger partial charge in [0.15, 0.2) is 6.61 Å². The zero-order valence-corrected chi connectivity index (χ0v) is 13.6. The Labute approximate surface area is 132 Å². The molecule has 3 saturated carbocycles. The summed E-state index contributed by atoms with van der Waals surface area (Å²) in [4.78, 5) is 23.5. The summed E-state index contributed by atoms with van der Waals surface area (Å²) in [6.07, 6.45) is 7.03. The van der Waals surface area contributed by atoms with E-state index in [-0.39, 0.29) is 12.2 Å². The third kappa shape index (κ3) is 2.46. The third-order valence-corrected chi connectivity index (χ3v) is 6.17. The predicted octanol–water partition coefficient (Wildman–Crippen LogP) is 3.25. The number of esters is 2. The Morgan fingerprint density at radius 2 is 2.00 bits per heavy atom. The Hall–Kier alpha value is -1.32. The van der Waals surface area contributed by atoms with Crippen LogP contribution < -0.4 is 0 Å². The average Bonchev–Trinajstić information content (AvgIpc) is 3.15. The Morgan fingerprint density at radius 1 is 1.27 bits per heavy atom. The fourth-order valence-electron chi connectivity index (χ4n) is 5.31. The first-order chi connectivity index (χ1) is 10.5. The molecule has 0 aromatic carbocycles. The summed E-state index contributed by atoms with van der Waals surface area (Å²) in [5.74, 6) is 1.89. The minimum Gasteiger partial charge on any atom is -0.456 e. The number of carbonyl (C=O) groups excluding carboxylic acids is 2. The molecule has 3 aliphatic rings. The molecule has 3 aliphatic carbocycles. The third-order valence-electron chi connectivity index (χ3n) is 6.17. The van der Waals surface area contributed by atoms with Gasteiger partial charge in [0.25, 0.3) is 0 Å². The second-order valence-corrected chi connectivity index (χ2v) is 7.31. The van der Waals surface area contributed by atoms with Crippen LogP contribution in [0.2, 0.25) is 0 Å². The Kier molecular flexibility index (Phi) is 4.04. The standard InChI is InChI=1S/C18H26O4/c1-4-18(22-16(19)10-21-17(20)11(2)3)9-12-8-15(18)14-7-5-6-13(12)14/h12-15H,2,4-10H2,1,3H3. The van der Waals surface area contributed by atoms with Crippen LogP contribution >= 0.6 is 0 Å². The lowest BCUT2D eigenvalue weighted by Gasteiger charge is -2.41. The summed E-state index contributed by atoms with van der Waals surface area (Å²) in [5.41, 5.74) is -0.0187. The van der Waals surface area contributed by atoms with E-state index in [0.29, 0.717) is 11.5 Å². The van der Waals surface area contributed by atoms with Crippen LogP contribution in [0.4, 0.5) is 0 Å². The van der Waals surface area contributed by atoms with Crippen molar-refractivity contribution in [3.05, 3.63) is 12.2 Å². The van der Waals surface area contributed by atoms with Crippen molar-refractivity contribution in [1.29, 1.82) is 0 Å². The Morgan fingerprint density at radius 3 is 2.68 bits per heavy atom. The molecule has 5 atom stereocenters. The van der Waals surface area contributed by atoms with E-state index in [4.69, 9.17) is 9.47 Å². The van der Waals surface area contributed by atoms with Gasteiger partial charge in [-0.15, -0.1) is 0 Å².